The second-order valence-corrected chi connectivity index (χ2v) is 6.48. The molecule has 0 radical (unpaired) electrons. The van der Waals surface area contributed by atoms with E-state index in [0.717, 1.165) is 36.1 Å². The third-order valence-electron chi connectivity index (χ3n) is 4.84. The van der Waals surface area contributed by atoms with E-state index in [4.69, 9.17) is 0 Å². The second-order valence-electron chi connectivity index (χ2n) is 6.48. The quantitative estimate of drug-likeness (QED) is 0.922. The zero-order valence-electron chi connectivity index (χ0n) is 13.8. The van der Waals surface area contributed by atoms with Crippen molar-refractivity contribution in [3.63, 3.8) is 0 Å². The maximum atomic E-state index is 13.4. The van der Waals surface area contributed by atoms with E-state index in [-0.39, 0.29) is 17.8 Å². The van der Waals surface area contributed by atoms with Crippen LogP contribution in [0.15, 0.2) is 48.5 Å². The molecule has 4 heteroatoms. The molecule has 0 amide bonds. The van der Waals surface area contributed by atoms with E-state index in [1.807, 2.05) is 12.1 Å². The molecule has 0 aromatic heterocycles. The monoisotopic (exact) mass is 327 g/mol. The van der Waals surface area contributed by atoms with Crippen molar-refractivity contribution in [2.24, 2.45) is 5.92 Å². The molecule has 0 spiro atoms. The number of hydrogen-bond donors (Lipinski definition) is 1. The lowest BCUT2D eigenvalue weighted by molar-refractivity contribution is -0.143. The van der Waals surface area contributed by atoms with Crippen LogP contribution in [-0.2, 0) is 4.79 Å². The van der Waals surface area contributed by atoms with E-state index in [2.05, 4.69) is 24.0 Å². The Morgan fingerprint density at radius 3 is 2.58 bits per heavy atom. The zero-order chi connectivity index (χ0) is 17.1. The third-order valence-corrected chi connectivity index (χ3v) is 4.84. The van der Waals surface area contributed by atoms with Gasteiger partial charge in [0, 0.05) is 6.54 Å². The summed E-state index contributed by atoms with van der Waals surface area (Å²) in [7, 11) is 0. The first kappa shape index (κ1) is 16.7. The van der Waals surface area contributed by atoms with Gasteiger partial charge < -0.3 is 5.11 Å². The first-order valence-electron chi connectivity index (χ1n) is 8.34. The zero-order valence-corrected chi connectivity index (χ0v) is 13.8. The number of rotatable bonds is 4. The Bertz CT molecular complexity index is 714. The van der Waals surface area contributed by atoms with Crippen molar-refractivity contribution in [1.29, 1.82) is 0 Å². The Kier molecular flexibility index (Phi) is 4.95. The van der Waals surface area contributed by atoms with Gasteiger partial charge in [0.1, 0.15) is 5.82 Å². The van der Waals surface area contributed by atoms with E-state index in [9.17, 15) is 14.3 Å². The number of nitrogens with zero attached hydrogens (tertiary/aromatic N) is 1. The predicted octanol–water partition coefficient (Wildman–Crippen LogP) is 4.02. The Balaban J connectivity index is 2.00. The van der Waals surface area contributed by atoms with Crippen molar-refractivity contribution in [3.05, 3.63) is 71.0 Å². The topological polar surface area (TPSA) is 40.5 Å². The van der Waals surface area contributed by atoms with Crippen LogP contribution < -0.4 is 0 Å². The normalized spacial score (nSPS) is 19.8. The molecule has 1 fully saturated rings. The van der Waals surface area contributed by atoms with Crippen LogP contribution in [0.2, 0.25) is 0 Å². The minimum atomic E-state index is -0.734. The van der Waals surface area contributed by atoms with Gasteiger partial charge in [0.15, 0.2) is 0 Å². The van der Waals surface area contributed by atoms with Gasteiger partial charge in [-0.2, -0.15) is 0 Å². The summed E-state index contributed by atoms with van der Waals surface area (Å²) >= 11 is 0. The standard InChI is InChI=1S/C20H22FNO2/c1-14-5-2-3-7-18(14)19(15-8-10-17(21)11-9-15)22-12-4-6-16(13-22)20(23)24/h2-3,5,7-11,16,19H,4,6,12-13H2,1H3,(H,23,24). The summed E-state index contributed by atoms with van der Waals surface area (Å²) in [6, 6.07) is 14.6. The smallest absolute Gasteiger partial charge is 0.307 e. The Hall–Kier alpha value is -2.20. The molecule has 2 aromatic carbocycles. The highest BCUT2D eigenvalue weighted by molar-refractivity contribution is 5.70. The van der Waals surface area contributed by atoms with E-state index in [0.29, 0.717) is 6.54 Å². The highest BCUT2D eigenvalue weighted by Gasteiger charge is 2.31. The molecule has 126 valence electrons. The summed E-state index contributed by atoms with van der Waals surface area (Å²) in [5.74, 6) is -1.34. The Labute approximate surface area is 141 Å². The minimum Gasteiger partial charge on any atom is -0.481 e. The minimum absolute atomic E-state index is 0.0473. The summed E-state index contributed by atoms with van der Waals surface area (Å²) in [5, 5.41) is 9.39. The van der Waals surface area contributed by atoms with Gasteiger partial charge in [0.05, 0.1) is 12.0 Å². The summed E-state index contributed by atoms with van der Waals surface area (Å²) in [6.45, 7) is 3.43. The van der Waals surface area contributed by atoms with Gasteiger partial charge in [-0.3, -0.25) is 9.69 Å². The number of aliphatic carboxylic acids is 1. The average Bonchev–Trinajstić information content (AvgIpc) is 2.59. The summed E-state index contributed by atoms with van der Waals surface area (Å²) < 4.78 is 13.4. The first-order valence-corrected chi connectivity index (χ1v) is 8.34. The largest absolute Gasteiger partial charge is 0.481 e. The summed E-state index contributed by atoms with van der Waals surface area (Å²) in [6.07, 6.45) is 1.58. The van der Waals surface area contributed by atoms with Crippen LogP contribution in [0.1, 0.15) is 35.6 Å². The van der Waals surface area contributed by atoms with Gasteiger partial charge in [0.25, 0.3) is 0 Å². The van der Waals surface area contributed by atoms with Gasteiger partial charge in [-0.25, -0.2) is 4.39 Å². The molecule has 1 saturated heterocycles. The van der Waals surface area contributed by atoms with Crippen molar-refractivity contribution in [2.45, 2.75) is 25.8 Å². The number of piperidine rings is 1. The number of carbonyl (C=O) groups is 1. The molecule has 0 aliphatic carbocycles. The molecule has 2 aromatic rings. The number of halogens is 1. The van der Waals surface area contributed by atoms with E-state index < -0.39 is 5.97 Å². The number of aryl methyl sites for hydroxylation is 1. The van der Waals surface area contributed by atoms with Crippen molar-refractivity contribution in [3.8, 4) is 0 Å². The maximum absolute atomic E-state index is 13.4. The van der Waals surface area contributed by atoms with Crippen LogP contribution in [0.3, 0.4) is 0 Å². The molecule has 2 unspecified atom stereocenters. The summed E-state index contributed by atoms with van der Waals surface area (Å²) in [5.41, 5.74) is 3.30. The number of carboxylic acid groups (broad SMARTS) is 1. The van der Waals surface area contributed by atoms with Crippen molar-refractivity contribution >= 4 is 5.97 Å². The van der Waals surface area contributed by atoms with Crippen molar-refractivity contribution in [2.75, 3.05) is 13.1 Å². The van der Waals surface area contributed by atoms with Gasteiger partial charge in [-0.05, 0) is 55.1 Å². The number of carboxylic acids is 1. The van der Waals surface area contributed by atoms with Crippen molar-refractivity contribution in [1.82, 2.24) is 4.90 Å². The van der Waals surface area contributed by atoms with E-state index in [1.165, 1.54) is 12.1 Å². The van der Waals surface area contributed by atoms with E-state index >= 15 is 0 Å². The molecule has 0 bridgehead atoms. The lowest BCUT2D eigenvalue weighted by Gasteiger charge is -2.38. The average molecular weight is 327 g/mol. The molecule has 1 heterocycles. The van der Waals surface area contributed by atoms with Gasteiger partial charge in [0.2, 0.25) is 0 Å². The van der Waals surface area contributed by atoms with Crippen LogP contribution in [0.5, 0.6) is 0 Å². The SMILES string of the molecule is Cc1ccccc1C(c1ccc(F)cc1)N1CCCC(C(=O)O)C1. The van der Waals surface area contributed by atoms with Crippen LogP contribution in [0.4, 0.5) is 4.39 Å². The molecule has 1 N–H and O–H groups in total. The highest BCUT2D eigenvalue weighted by Crippen LogP contribution is 2.34. The first-order chi connectivity index (χ1) is 11.6. The molecule has 2 atom stereocenters. The number of benzene rings is 2. The molecule has 1 aliphatic rings. The highest BCUT2D eigenvalue weighted by atomic mass is 19.1. The fraction of sp³-hybridized carbons (Fsp3) is 0.350. The van der Waals surface area contributed by atoms with Crippen LogP contribution in [0, 0.1) is 18.7 Å². The van der Waals surface area contributed by atoms with E-state index in [1.54, 1.807) is 12.1 Å². The Morgan fingerprint density at radius 2 is 1.92 bits per heavy atom. The Morgan fingerprint density at radius 1 is 1.21 bits per heavy atom. The van der Waals surface area contributed by atoms with Crippen molar-refractivity contribution < 1.29 is 14.3 Å². The molecule has 24 heavy (non-hydrogen) atoms. The third kappa shape index (κ3) is 3.49. The summed E-state index contributed by atoms with van der Waals surface area (Å²) in [4.78, 5) is 13.7. The number of hydrogen-bond acceptors (Lipinski definition) is 2. The van der Waals surface area contributed by atoms with Gasteiger partial charge >= 0.3 is 5.97 Å². The van der Waals surface area contributed by atoms with Crippen LogP contribution >= 0.6 is 0 Å². The molecular weight excluding hydrogens is 305 g/mol. The van der Waals surface area contributed by atoms with Gasteiger partial charge in [-0.15, -0.1) is 0 Å². The lowest BCUT2D eigenvalue weighted by atomic mass is 9.89. The predicted molar refractivity (Wildman–Crippen MR) is 91.4 cm³/mol. The molecule has 0 saturated carbocycles. The number of likely N-dealkylation sites (tertiary alicyclic amines) is 1. The second kappa shape index (κ2) is 7.14. The lowest BCUT2D eigenvalue weighted by Crippen LogP contribution is -2.41. The maximum Gasteiger partial charge on any atom is 0.307 e. The fourth-order valence-corrected chi connectivity index (χ4v) is 3.57. The van der Waals surface area contributed by atoms with Gasteiger partial charge in [-0.1, -0.05) is 36.4 Å². The van der Waals surface area contributed by atoms with Crippen LogP contribution in [0.25, 0.3) is 0 Å². The molecular formula is C20H22FNO2. The molecule has 3 rings (SSSR count). The molecule has 3 nitrogen and oxygen atoms in total. The van der Waals surface area contributed by atoms with Crippen LogP contribution in [-0.4, -0.2) is 29.1 Å². The molecule has 1 aliphatic heterocycles. The fourth-order valence-electron chi connectivity index (χ4n) is 3.57.